The molecule has 0 radical (unpaired) electrons. The Morgan fingerprint density at radius 2 is 1.85 bits per heavy atom. The Balaban J connectivity index is 1.99. The van der Waals surface area contributed by atoms with Crippen molar-refractivity contribution in [2.75, 3.05) is 0 Å². The van der Waals surface area contributed by atoms with Gasteiger partial charge in [0.25, 0.3) is 0 Å². The van der Waals surface area contributed by atoms with E-state index in [0.717, 1.165) is 5.69 Å². The second-order valence-corrected chi connectivity index (χ2v) is 4.71. The van der Waals surface area contributed by atoms with Gasteiger partial charge >= 0.3 is 0 Å². The first-order chi connectivity index (χ1) is 9.75. The van der Waals surface area contributed by atoms with Crippen molar-refractivity contribution in [3.05, 3.63) is 77.3 Å². The number of hydrogen-bond donors (Lipinski definition) is 1. The van der Waals surface area contributed by atoms with E-state index in [0.29, 0.717) is 16.4 Å². The second kappa shape index (κ2) is 5.45. The summed E-state index contributed by atoms with van der Waals surface area (Å²) in [7, 11) is 0. The third-order valence-corrected chi connectivity index (χ3v) is 3.24. The lowest BCUT2D eigenvalue weighted by Gasteiger charge is -2.13. The average molecular weight is 286 g/mol. The fourth-order valence-corrected chi connectivity index (χ4v) is 2.14. The zero-order valence-corrected chi connectivity index (χ0v) is 11.3. The smallest absolute Gasteiger partial charge is 0.129 e. The minimum absolute atomic E-state index is 0.400. The molecule has 1 N–H and O–H groups in total. The van der Waals surface area contributed by atoms with E-state index >= 15 is 0 Å². The maximum absolute atomic E-state index is 10.5. The molecule has 0 fully saturated rings. The van der Waals surface area contributed by atoms with Gasteiger partial charge in [-0.05, 0) is 24.3 Å². The molecule has 3 aromatic rings. The standard InChI is InChI=1S/C15H12ClN3O/c16-14-7-6-11(10-17-14)15(20)13-8-9-18-19(13)12-4-2-1-3-5-12/h1-10,15,20H. The lowest BCUT2D eigenvalue weighted by Crippen LogP contribution is -2.08. The fraction of sp³-hybridized carbons (Fsp3) is 0.0667. The van der Waals surface area contributed by atoms with Crippen LogP contribution in [0.15, 0.2) is 60.9 Å². The van der Waals surface area contributed by atoms with Crippen molar-refractivity contribution in [1.82, 2.24) is 14.8 Å². The van der Waals surface area contributed by atoms with E-state index < -0.39 is 6.10 Å². The molecule has 0 aliphatic rings. The van der Waals surface area contributed by atoms with Crippen molar-refractivity contribution >= 4 is 11.6 Å². The van der Waals surface area contributed by atoms with Gasteiger partial charge in [-0.2, -0.15) is 5.10 Å². The van der Waals surface area contributed by atoms with Crippen LogP contribution in [0, 0.1) is 0 Å². The Bertz CT molecular complexity index is 695. The highest BCUT2D eigenvalue weighted by molar-refractivity contribution is 6.29. The molecule has 0 aliphatic heterocycles. The molecule has 100 valence electrons. The third kappa shape index (κ3) is 2.43. The van der Waals surface area contributed by atoms with Gasteiger partial charge in [0.2, 0.25) is 0 Å². The van der Waals surface area contributed by atoms with Crippen LogP contribution in [-0.4, -0.2) is 19.9 Å². The first kappa shape index (κ1) is 12.8. The quantitative estimate of drug-likeness (QED) is 0.753. The van der Waals surface area contributed by atoms with Crippen LogP contribution in [0.5, 0.6) is 0 Å². The van der Waals surface area contributed by atoms with E-state index in [9.17, 15) is 5.11 Å². The number of pyridine rings is 1. The number of aliphatic hydroxyl groups excluding tert-OH is 1. The van der Waals surface area contributed by atoms with Crippen LogP contribution in [0.2, 0.25) is 5.15 Å². The summed E-state index contributed by atoms with van der Waals surface area (Å²) in [6, 6.07) is 14.9. The highest BCUT2D eigenvalue weighted by Gasteiger charge is 2.16. The van der Waals surface area contributed by atoms with Gasteiger partial charge in [0.05, 0.1) is 11.4 Å². The van der Waals surface area contributed by atoms with Crippen LogP contribution >= 0.6 is 11.6 Å². The number of aliphatic hydroxyl groups is 1. The highest BCUT2D eigenvalue weighted by atomic mass is 35.5. The maximum atomic E-state index is 10.5. The molecule has 0 aliphatic carbocycles. The van der Waals surface area contributed by atoms with Gasteiger partial charge < -0.3 is 5.11 Å². The summed E-state index contributed by atoms with van der Waals surface area (Å²) in [5.41, 5.74) is 2.25. The van der Waals surface area contributed by atoms with Crippen LogP contribution in [-0.2, 0) is 0 Å². The van der Waals surface area contributed by atoms with Crippen LogP contribution in [0.25, 0.3) is 5.69 Å². The molecule has 2 aromatic heterocycles. The SMILES string of the molecule is OC(c1ccc(Cl)nc1)c1ccnn1-c1ccccc1. The van der Waals surface area contributed by atoms with Gasteiger partial charge in [-0.25, -0.2) is 9.67 Å². The number of halogens is 1. The molecule has 20 heavy (non-hydrogen) atoms. The second-order valence-electron chi connectivity index (χ2n) is 4.32. The molecule has 0 spiro atoms. The number of benzene rings is 1. The Kier molecular flexibility index (Phi) is 3.50. The van der Waals surface area contributed by atoms with Crippen molar-refractivity contribution < 1.29 is 5.11 Å². The normalized spacial score (nSPS) is 12.3. The van der Waals surface area contributed by atoms with Crippen LogP contribution in [0.1, 0.15) is 17.4 Å². The van der Waals surface area contributed by atoms with Gasteiger partial charge in [0.15, 0.2) is 0 Å². The topological polar surface area (TPSA) is 50.9 Å². The summed E-state index contributed by atoms with van der Waals surface area (Å²) >= 11 is 5.76. The van der Waals surface area contributed by atoms with Gasteiger partial charge in [-0.15, -0.1) is 0 Å². The van der Waals surface area contributed by atoms with Gasteiger partial charge in [-0.3, -0.25) is 0 Å². The summed E-state index contributed by atoms with van der Waals surface area (Å²) in [5.74, 6) is 0. The van der Waals surface area contributed by atoms with Crippen LogP contribution in [0.4, 0.5) is 0 Å². The average Bonchev–Trinajstić information content (AvgIpc) is 2.97. The Hall–Kier alpha value is -2.17. The summed E-state index contributed by atoms with van der Waals surface area (Å²) in [6.45, 7) is 0. The fourth-order valence-electron chi connectivity index (χ4n) is 2.03. The zero-order chi connectivity index (χ0) is 13.9. The number of hydrogen-bond acceptors (Lipinski definition) is 3. The van der Waals surface area contributed by atoms with E-state index in [1.807, 2.05) is 30.3 Å². The molecular weight excluding hydrogens is 274 g/mol. The lowest BCUT2D eigenvalue weighted by molar-refractivity contribution is 0.211. The lowest BCUT2D eigenvalue weighted by atomic mass is 10.1. The molecule has 0 bridgehead atoms. The minimum Gasteiger partial charge on any atom is -0.382 e. The van der Waals surface area contributed by atoms with E-state index in [4.69, 9.17) is 11.6 Å². The predicted molar refractivity (Wildman–Crippen MR) is 76.9 cm³/mol. The Morgan fingerprint density at radius 1 is 1.05 bits per heavy atom. The van der Waals surface area contributed by atoms with Gasteiger partial charge in [-0.1, -0.05) is 35.9 Å². The largest absolute Gasteiger partial charge is 0.382 e. The molecule has 4 nitrogen and oxygen atoms in total. The third-order valence-electron chi connectivity index (χ3n) is 3.02. The Morgan fingerprint density at radius 3 is 2.55 bits per heavy atom. The molecule has 2 heterocycles. The van der Waals surface area contributed by atoms with Crippen molar-refractivity contribution in [3.63, 3.8) is 0 Å². The van der Waals surface area contributed by atoms with Crippen molar-refractivity contribution in [3.8, 4) is 5.69 Å². The number of nitrogens with zero attached hydrogens (tertiary/aromatic N) is 3. The minimum atomic E-state index is -0.803. The predicted octanol–water partition coefficient (Wildman–Crippen LogP) is 3.00. The number of aromatic nitrogens is 3. The summed E-state index contributed by atoms with van der Waals surface area (Å²) < 4.78 is 1.71. The van der Waals surface area contributed by atoms with Crippen LogP contribution in [0.3, 0.4) is 0 Å². The van der Waals surface area contributed by atoms with Crippen molar-refractivity contribution in [2.45, 2.75) is 6.10 Å². The molecule has 1 aromatic carbocycles. The molecule has 1 unspecified atom stereocenters. The van der Waals surface area contributed by atoms with Gasteiger partial charge in [0, 0.05) is 18.0 Å². The molecule has 5 heteroatoms. The summed E-state index contributed by atoms with van der Waals surface area (Å²) in [4.78, 5) is 3.99. The van der Waals surface area contributed by atoms with E-state index in [1.165, 1.54) is 0 Å². The maximum Gasteiger partial charge on any atom is 0.129 e. The van der Waals surface area contributed by atoms with Crippen LogP contribution < -0.4 is 0 Å². The molecular formula is C15H12ClN3O. The van der Waals surface area contributed by atoms with E-state index in [1.54, 1.807) is 35.3 Å². The monoisotopic (exact) mass is 285 g/mol. The van der Waals surface area contributed by atoms with Crippen molar-refractivity contribution in [1.29, 1.82) is 0 Å². The first-order valence-corrected chi connectivity index (χ1v) is 6.52. The molecule has 0 saturated carbocycles. The van der Waals surface area contributed by atoms with E-state index in [-0.39, 0.29) is 0 Å². The first-order valence-electron chi connectivity index (χ1n) is 6.14. The van der Waals surface area contributed by atoms with E-state index in [2.05, 4.69) is 10.1 Å². The zero-order valence-electron chi connectivity index (χ0n) is 10.5. The van der Waals surface area contributed by atoms with Crippen molar-refractivity contribution in [2.24, 2.45) is 0 Å². The molecule has 0 amide bonds. The number of para-hydroxylation sites is 1. The number of rotatable bonds is 3. The summed E-state index contributed by atoms with van der Waals surface area (Å²) in [5, 5.41) is 15.1. The summed E-state index contributed by atoms with van der Waals surface area (Å²) in [6.07, 6.45) is 2.42. The molecule has 0 saturated heterocycles. The molecule has 3 rings (SSSR count). The van der Waals surface area contributed by atoms with Gasteiger partial charge in [0.1, 0.15) is 11.3 Å². The molecule has 1 atom stereocenters. The Labute approximate surface area is 121 Å². The highest BCUT2D eigenvalue weighted by Crippen LogP contribution is 2.24.